The fraction of sp³-hybridized carbons (Fsp3) is 0. The molecule has 2 rings (SSSR count). The second-order valence-electron chi connectivity index (χ2n) is 3.78. The number of benzene rings is 2. The van der Waals surface area contributed by atoms with Crippen LogP contribution in [-0.2, 0) is 20.2 Å². The summed E-state index contributed by atoms with van der Waals surface area (Å²) in [4.78, 5) is -1.14. The molecule has 0 spiro atoms. The van der Waals surface area contributed by atoms with Crippen molar-refractivity contribution in [3.63, 3.8) is 0 Å². The summed E-state index contributed by atoms with van der Waals surface area (Å²) in [6.45, 7) is 0. The number of hydrogen-bond donors (Lipinski definition) is 1. The van der Waals surface area contributed by atoms with Crippen LogP contribution in [0.25, 0.3) is 10.8 Å². The summed E-state index contributed by atoms with van der Waals surface area (Å²) in [5, 5.41) is -0.00347. The molecule has 0 atom stereocenters. The van der Waals surface area contributed by atoms with E-state index in [1.807, 2.05) is 0 Å². The average molecular weight is 347 g/mol. The molecule has 11 heteroatoms. The van der Waals surface area contributed by atoms with Gasteiger partial charge in [0.25, 0.3) is 0 Å². The molecule has 0 fully saturated rings. The Morgan fingerprint density at radius 1 is 0.905 bits per heavy atom. The third-order valence-corrected chi connectivity index (χ3v) is 4.19. The topological polar surface area (TPSA) is 140 Å². The minimum Gasteiger partial charge on any atom is -0.744 e. The van der Waals surface area contributed by atoms with Crippen molar-refractivity contribution in [2.75, 3.05) is 5.73 Å². The van der Waals surface area contributed by atoms with E-state index in [0.717, 1.165) is 18.2 Å². The summed E-state index contributed by atoms with van der Waals surface area (Å²) in [5.74, 6) is 0. The van der Waals surface area contributed by atoms with Crippen molar-refractivity contribution in [1.82, 2.24) is 0 Å². The number of nitrogens with two attached hydrogens (primary N) is 1. The second-order valence-corrected chi connectivity index (χ2v) is 6.50. The Morgan fingerprint density at radius 3 is 1.95 bits per heavy atom. The van der Waals surface area contributed by atoms with Gasteiger partial charge in [-0.25, -0.2) is 16.8 Å². The normalized spacial score (nSPS) is 11.5. The van der Waals surface area contributed by atoms with Gasteiger partial charge in [-0.3, -0.25) is 0 Å². The van der Waals surface area contributed by atoms with Crippen LogP contribution < -0.4 is 64.8 Å². The molecule has 0 radical (unpaired) electrons. The van der Waals surface area contributed by atoms with Gasteiger partial charge in [-0.2, -0.15) is 0 Å². The van der Waals surface area contributed by atoms with E-state index in [2.05, 4.69) is 0 Å². The molecule has 0 saturated heterocycles. The molecule has 2 aromatic carbocycles. The van der Waals surface area contributed by atoms with Crippen molar-refractivity contribution in [3.05, 3.63) is 30.3 Å². The van der Waals surface area contributed by atoms with E-state index in [0.29, 0.717) is 0 Å². The van der Waals surface area contributed by atoms with Gasteiger partial charge in [-0.05, 0) is 23.6 Å². The molecule has 0 aliphatic rings. The van der Waals surface area contributed by atoms with Gasteiger partial charge >= 0.3 is 59.1 Å². The maximum atomic E-state index is 11.1. The molecule has 2 N–H and O–H groups in total. The van der Waals surface area contributed by atoms with E-state index < -0.39 is 30.0 Å². The second kappa shape index (κ2) is 7.26. The zero-order chi connectivity index (χ0) is 14.4. The molecule has 102 valence electrons. The van der Waals surface area contributed by atoms with E-state index in [-0.39, 0.29) is 75.6 Å². The van der Waals surface area contributed by atoms with Crippen LogP contribution in [0.4, 0.5) is 5.69 Å². The fourth-order valence-corrected chi connectivity index (χ4v) is 3.02. The quantitative estimate of drug-likeness (QED) is 0.324. The van der Waals surface area contributed by atoms with Crippen LogP contribution in [0.2, 0.25) is 0 Å². The van der Waals surface area contributed by atoms with Gasteiger partial charge in [-0.15, -0.1) is 0 Å². The molecule has 7 nitrogen and oxygen atoms in total. The van der Waals surface area contributed by atoms with E-state index in [1.165, 1.54) is 12.1 Å². The van der Waals surface area contributed by atoms with E-state index >= 15 is 0 Å². The van der Waals surface area contributed by atoms with Crippen LogP contribution in [0.3, 0.4) is 0 Å². The van der Waals surface area contributed by atoms with Crippen LogP contribution in [0.1, 0.15) is 0 Å². The molecule has 21 heavy (non-hydrogen) atoms. The fourth-order valence-electron chi connectivity index (χ4n) is 1.75. The molecule has 0 amide bonds. The largest absolute Gasteiger partial charge is 1.00 e. The van der Waals surface area contributed by atoms with Crippen LogP contribution >= 0.6 is 0 Å². The summed E-state index contributed by atoms with van der Waals surface area (Å²) in [7, 11) is -9.48. The van der Waals surface area contributed by atoms with Gasteiger partial charge in [0, 0.05) is 11.1 Å². The molecule has 2 aromatic rings. The molecule has 0 heterocycles. The van der Waals surface area contributed by atoms with E-state index in [1.54, 1.807) is 0 Å². The monoisotopic (exact) mass is 347 g/mol. The standard InChI is InChI=1S/C10H9NO6S2.2Na/c11-8-5-7(18(12,13)14)4-6-2-1-3-9(10(6)8)19(15,16)17;;/h1-5H,11H2,(H,12,13,14)(H,15,16,17);;/q;2*+1/p-2. The Hall–Kier alpha value is 0.320. The third kappa shape index (κ3) is 4.64. The average Bonchev–Trinajstić information content (AvgIpc) is 2.25. The first-order valence-electron chi connectivity index (χ1n) is 4.85. The van der Waals surface area contributed by atoms with Crippen molar-refractivity contribution in [3.8, 4) is 0 Å². The maximum absolute atomic E-state index is 11.1. The Bertz CT molecular complexity index is 880. The van der Waals surface area contributed by atoms with Gasteiger partial charge in [0.2, 0.25) is 0 Å². The zero-order valence-corrected chi connectivity index (χ0v) is 16.9. The van der Waals surface area contributed by atoms with Gasteiger partial charge in [-0.1, -0.05) is 12.1 Å². The van der Waals surface area contributed by atoms with Crippen LogP contribution in [0.15, 0.2) is 40.1 Å². The SMILES string of the molecule is Nc1cc(S(=O)(=O)[O-])cc2cccc(S(=O)(=O)[O-])c12.[Na+].[Na+]. The zero-order valence-electron chi connectivity index (χ0n) is 11.2. The van der Waals surface area contributed by atoms with Crippen molar-refractivity contribution in [2.45, 2.75) is 9.79 Å². The molecule has 0 aliphatic carbocycles. The summed E-state index contributed by atoms with van der Waals surface area (Å²) >= 11 is 0. The van der Waals surface area contributed by atoms with Gasteiger partial charge < -0.3 is 14.8 Å². The van der Waals surface area contributed by atoms with E-state index in [4.69, 9.17) is 5.73 Å². The Morgan fingerprint density at radius 2 is 1.48 bits per heavy atom. The third-order valence-electron chi connectivity index (χ3n) is 2.50. The first-order chi connectivity index (χ1) is 8.60. The maximum Gasteiger partial charge on any atom is 1.00 e. The smallest absolute Gasteiger partial charge is 0.744 e. The van der Waals surface area contributed by atoms with Crippen molar-refractivity contribution < 1.29 is 85.1 Å². The molecule has 0 saturated carbocycles. The molecule has 0 bridgehead atoms. The van der Waals surface area contributed by atoms with Crippen LogP contribution in [-0.4, -0.2) is 25.9 Å². The minimum absolute atomic E-state index is 0. The Labute approximate surface area is 166 Å². The molecular weight excluding hydrogens is 340 g/mol. The molecule has 0 unspecified atom stereocenters. The van der Waals surface area contributed by atoms with Gasteiger partial charge in [0.1, 0.15) is 20.2 Å². The Balaban J connectivity index is 0.00000200. The number of hydrogen-bond acceptors (Lipinski definition) is 7. The molecule has 0 aliphatic heterocycles. The minimum atomic E-state index is -4.76. The van der Waals surface area contributed by atoms with Crippen molar-refractivity contribution >= 4 is 36.7 Å². The number of anilines is 1. The number of rotatable bonds is 2. The van der Waals surface area contributed by atoms with Crippen molar-refractivity contribution in [2.24, 2.45) is 0 Å². The predicted octanol–water partition coefficient (Wildman–Crippen LogP) is -5.76. The molecular formula is C10H7NNa2O6S2. The number of nitrogen functional groups attached to an aromatic ring is 1. The van der Waals surface area contributed by atoms with Gasteiger partial charge in [0.05, 0.1) is 9.79 Å². The van der Waals surface area contributed by atoms with Crippen molar-refractivity contribution in [1.29, 1.82) is 0 Å². The Kier molecular flexibility index (Phi) is 7.37. The first kappa shape index (κ1) is 21.3. The number of fused-ring (bicyclic) bond motifs is 1. The summed E-state index contributed by atoms with van der Waals surface area (Å²) in [6.07, 6.45) is 0. The summed E-state index contributed by atoms with van der Waals surface area (Å²) in [5.41, 5.74) is 5.28. The van der Waals surface area contributed by atoms with Crippen LogP contribution in [0.5, 0.6) is 0 Å². The summed E-state index contributed by atoms with van der Waals surface area (Å²) < 4.78 is 66.0. The molecule has 0 aromatic heterocycles. The van der Waals surface area contributed by atoms with Crippen LogP contribution in [0, 0.1) is 0 Å². The summed E-state index contributed by atoms with van der Waals surface area (Å²) in [6, 6.07) is 5.48. The van der Waals surface area contributed by atoms with Gasteiger partial charge in [0.15, 0.2) is 0 Å². The van der Waals surface area contributed by atoms with E-state index in [9.17, 15) is 25.9 Å². The predicted molar refractivity (Wildman–Crippen MR) is 64.3 cm³/mol. The first-order valence-corrected chi connectivity index (χ1v) is 7.66.